The van der Waals surface area contributed by atoms with Crippen LogP contribution in [0.2, 0.25) is 0 Å². The first-order chi connectivity index (χ1) is 7.40. The number of nitrogens with one attached hydrogen (secondary N) is 1. The van der Waals surface area contributed by atoms with E-state index in [1.54, 1.807) is 6.92 Å². The van der Waals surface area contributed by atoms with Crippen molar-refractivity contribution in [2.24, 2.45) is 0 Å². The number of aliphatic carboxylic acids is 1. The lowest BCUT2D eigenvalue weighted by molar-refractivity contribution is -0.131. The van der Waals surface area contributed by atoms with Crippen molar-refractivity contribution in [3.63, 3.8) is 0 Å². The lowest BCUT2D eigenvalue weighted by Gasteiger charge is -2.04. The van der Waals surface area contributed by atoms with Gasteiger partial charge in [0, 0.05) is 18.8 Å². The van der Waals surface area contributed by atoms with Gasteiger partial charge in [0.1, 0.15) is 0 Å². The van der Waals surface area contributed by atoms with E-state index in [2.05, 4.69) is 20.9 Å². The maximum Gasteiger partial charge on any atom is 0.328 e. The van der Waals surface area contributed by atoms with Gasteiger partial charge in [0.25, 0.3) is 5.56 Å². The summed E-state index contributed by atoms with van der Waals surface area (Å²) in [5, 5.41) is 8.50. The topological polar surface area (TPSA) is 92.2 Å². The average Bonchev–Trinajstić information content (AvgIpc) is 2.12. The summed E-state index contributed by atoms with van der Waals surface area (Å²) in [5.41, 5.74) is -0.596. The normalized spacial score (nSPS) is 11.5. The van der Waals surface area contributed by atoms with Crippen LogP contribution in [0.3, 0.4) is 0 Å². The molecule has 0 aliphatic carbocycles. The third kappa shape index (κ3) is 3.20. The van der Waals surface area contributed by atoms with Crippen LogP contribution in [-0.2, 0) is 11.3 Å². The van der Waals surface area contributed by atoms with Gasteiger partial charge >= 0.3 is 11.7 Å². The number of carboxylic acid groups (broad SMARTS) is 1. The Balaban J connectivity index is 3.08. The molecule has 0 unspecified atom stereocenters. The highest BCUT2D eigenvalue weighted by Crippen LogP contribution is 2.01. The fourth-order valence-corrected chi connectivity index (χ4v) is 1.47. The quantitative estimate of drug-likeness (QED) is 0.784. The van der Waals surface area contributed by atoms with Gasteiger partial charge in [-0.15, -0.1) is 0 Å². The van der Waals surface area contributed by atoms with Gasteiger partial charge in [0.2, 0.25) is 0 Å². The number of aromatic nitrogens is 2. The number of hydrogen-bond acceptors (Lipinski definition) is 3. The van der Waals surface area contributed by atoms with Crippen LogP contribution in [0.4, 0.5) is 0 Å². The Hall–Kier alpha value is -1.63. The summed E-state index contributed by atoms with van der Waals surface area (Å²) in [6.07, 6.45) is 2.33. The Kier molecular flexibility index (Phi) is 3.83. The molecule has 0 radical (unpaired) electrons. The summed E-state index contributed by atoms with van der Waals surface area (Å²) < 4.78 is 1.43. The number of H-pyrrole nitrogens is 1. The van der Waals surface area contributed by atoms with Crippen molar-refractivity contribution < 1.29 is 9.90 Å². The van der Waals surface area contributed by atoms with Gasteiger partial charge in [0.15, 0.2) is 0 Å². The third-order valence-corrected chi connectivity index (χ3v) is 2.32. The molecule has 0 spiro atoms. The van der Waals surface area contributed by atoms with E-state index in [9.17, 15) is 14.4 Å². The van der Waals surface area contributed by atoms with Gasteiger partial charge < -0.3 is 5.11 Å². The van der Waals surface area contributed by atoms with E-state index in [4.69, 9.17) is 5.11 Å². The predicted molar refractivity (Wildman–Crippen MR) is 60.4 cm³/mol. The number of aromatic amines is 1. The lowest BCUT2D eigenvalue weighted by Crippen LogP contribution is -2.30. The Labute approximate surface area is 98.4 Å². The molecule has 1 aromatic rings. The Morgan fingerprint density at radius 2 is 2.25 bits per heavy atom. The van der Waals surface area contributed by atoms with Gasteiger partial charge in [-0.25, -0.2) is 9.59 Å². The van der Waals surface area contributed by atoms with Crippen molar-refractivity contribution in [2.75, 3.05) is 0 Å². The molecule has 2 N–H and O–H groups in total. The fourth-order valence-electron chi connectivity index (χ4n) is 1.13. The van der Waals surface area contributed by atoms with Crippen LogP contribution < -0.4 is 11.2 Å². The van der Waals surface area contributed by atoms with E-state index in [0.29, 0.717) is 5.57 Å². The molecular weight excluding hydrogens is 280 g/mol. The Morgan fingerprint density at radius 1 is 1.62 bits per heavy atom. The van der Waals surface area contributed by atoms with E-state index in [1.165, 1.54) is 10.8 Å². The molecule has 0 bridgehead atoms. The number of hydrogen-bond donors (Lipinski definition) is 2. The number of carbonyl (C=O) groups is 1. The van der Waals surface area contributed by atoms with Crippen LogP contribution in [0.25, 0.3) is 0 Å². The first-order valence-corrected chi connectivity index (χ1v) is 5.09. The van der Waals surface area contributed by atoms with Crippen LogP contribution in [0.5, 0.6) is 0 Å². The SMILES string of the molecule is CC(=CC(=O)O)Cn1cc(Br)c(=O)[nH]c1=O. The number of allylic oxidation sites excluding steroid dienone is 1. The van der Waals surface area contributed by atoms with Crippen LogP contribution in [0.15, 0.2) is 31.9 Å². The van der Waals surface area contributed by atoms with Crippen molar-refractivity contribution in [3.8, 4) is 0 Å². The molecule has 1 rings (SSSR count). The van der Waals surface area contributed by atoms with Crippen LogP contribution in [-0.4, -0.2) is 20.6 Å². The van der Waals surface area contributed by atoms with E-state index in [1.807, 2.05) is 0 Å². The lowest BCUT2D eigenvalue weighted by atomic mass is 10.3. The summed E-state index contributed by atoms with van der Waals surface area (Å²) in [6, 6.07) is 0. The zero-order valence-corrected chi connectivity index (χ0v) is 9.94. The van der Waals surface area contributed by atoms with Crippen molar-refractivity contribution >= 4 is 21.9 Å². The predicted octanol–water partition coefficient (Wildman–Crippen LogP) is 0.330. The highest BCUT2D eigenvalue weighted by molar-refractivity contribution is 9.10. The minimum absolute atomic E-state index is 0.112. The maximum atomic E-state index is 11.3. The number of halogens is 1. The second-order valence-electron chi connectivity index (χ2n) is 3.19. The van der Waals surface area contributed by atoms with Gasteiger partial charge in [-0.1, -0.05) is 0 Å². The second kappa shape index (κ2) is 4.93. The average molecular weight is 289 g/mol. The van der Waals surface area contributed by atoms with Gasteiger partial charge in [-0.05, 0) is 28.4 Å². The summed E-state index contributed by atoms with van der Waals surface area (Å²) in [5.74, 6) is -1.07. The van der Waals surface area contributed by atoms with Gasteiger partial charge in [-0.3, -0.25) is 14.3 Å². The van der Waals surface area contributed by atoms with Crippen molar-refractivity contribution in [3.05, 3.63) is 43.2 Å². The fraction of sp³-hybridized carbons (Fsp3) is 0.222. The minimum atomic E-state index is -1.07. The first kappa shape index (κ1) is 12.4. The number of nitrogens with zero attached hydrogens (tertiary/aromatic N) is 1. The van der Waals surface area contributed by atoms with E-state index >= 15 is 0 Å². The summed E-state index contributed by atoms with van der Waals surface area (Å²) in [7, 11) is 0. The minimum Gasteiger partial charge on any atom is -0.478 e. The highest BCUT2D eigenvalue weighted by Gasteiger charge is 2.03. The van der Waals surface area contributed by atoms with Crippen LogP contribution in [0.1, 0.15) is 6.92 Å². The van der Waals surface area contributed by atoms with Gasteiger partial charge in [-0.2, -0.15) is 0 Å². The molecule has 0 fully saturated rings. The highest BCUT2D eigenvalue weighted by atomic mass is 79.9. The summed E-state index contributed by atoms with van der Waals surface area (Å²) >= 11 is 2.98. The molecule has 16 heavy (non-hydrogen) atoms. The largest absolute Gasteiger partial charge is 0.478 e. The van der Waals surface area contributed by atoms with Crippen LogP contribution in [0, 0.1) is 0 Å². The van der Waals surface area contributed by atoms with E-state index in [-0.39, 0.29) is 11.0 Å². The molecule has 0 aliphatic heterocycles. The molecule has 0 aromatic carbocycles. The second-order valence-corrected chi connectivity index (χ2v) is 4.05. The van der Waals surface area contributed by atoms with E-state index < -0.39 is 17.2 Å². The number of carboxylic acids is 1. The number of rotatable bonds is 3. The molecule has 0 atom stereocenters. The summed E-state index contributed by atoms with van der Waals surface area (Å²) in [4.78, 5) is 34.8. The summed E-state index contributed by atoms with van der Waals surface area (Å²) in [6.45, 7) is 1.69. The zero-order valence-electron chi connectivity index (χ0n) is 8.36. The van der Waals surface area contributed by atoms with Crippen molar-refractivity contribution in [1.82, 2.24) is 9.55 Å². The van der Waals surface area contributed by atoms with Crippen LogP contribution >= 0.6 is 15.9 Å². The van der Waals surface area contributed by atoms with Gasteiger partial charge in [0.05, 0.1) is 4.47 Å². The molecule has 1 aromatic heterocycles. The maximum absolute atomic E-state index is 11.3. The molecule has 0 aliphatic rings. The smallest absolute Gasteiger partial charge is 0.328 e. The van der Waals surface area contributed by atoms with Crippen molar-refractivity contribution in [1.29, 1.82) is 0 Å². The van der Waals surface area contributed by atoms with E-state index in [0.717, 1.165) is 6.08 Å². The molecule has 7 heteroatoms. The first-order valence-electron chi connectivity index (χ1n) is 4.29. The third-order valence-electron chi connectivity index (χ3n) is 1.76. The Morgan fingerprint density at radius 3 is 2.81 bits per heavy atom. The van der Waals surface area contributed by atoms with Crippen molar-refractivity contribution in [2.45, 2.75) is 13.5 Å². The molecule has 0 amide bonds. The standard InChI is InChI=1S/C9H9BrN2O4/c1-5(2-7(13)14)3-12-4-6(10)8(15)11-9(12)16/h2,4H,3H2,1H3,(H,13,14)(H,11,15,16). The molecule has 0 saturated heterocycles. The molecule has 1 heterocycles. The molecule has 6 nitrogen and oxygen atoms in total. The monoisotopic (exact) mass is 288 g/mol. The molecule has 0 saturated carbocycles. The molecular formula is C9H9BrN2O4. The Bertz CT molecular complexity index is 555. The molecule has 86 valence electrons. The zero-order chi connectivity index (χ0) is 12.3.